The van der Waals surface area contributed by atoms with Crippen LogP contribution in [0.25, 0.3) is 11.0 Å². The fourth-order valence-electron chi connectivity index (χ4n) is 4.38. The number of alkyl halides is 3. The Balaban J connectivity index is 1.76. The maximum Gasteiger partial charge on any atom is 0.416 e. The minimum Gasteiger partial charge on any atom is -0.363 e. The van der Waals surface area contributed by atoms with Crippen molar-refractivity contribution in [1.29, 1.82) is 0 Å². The fraction of sp³-hybridized carbons (Fsp3) is 0.455. The Labute approximate surface area is 177 Å². The number of rotatable bonds is 4. The van der Waals surface area contributed by atoms with Gasteiger partial charge in [0.2, 0.25) is 0 Å². The Bertz CT molecular complexity index is 1180. The van der Waals surface area contributed by atoms with E-state index < -0.39 is 17.8 Å². The van der Waals surface area contributed by atoms with Crippen LogP contribution in [-0.2, 0) is 6.18 Å². The van der Waals surface area contributed by atoms with Crippen LogP contribution in [0, 0.1) is 13.8 Å². The predicted octanol–water partition coefficient (Wildman–Crippen LogP) is 5.11. The Morgan fingerprint density at radius 2 is 1.84 bits per heavy atom. The van der Waals surface area contributed by atoms with Crippen molar-refractivity contribution >= 4 is 16.9 Å². The molecule has 1 aliphatic rings. The van der Waals surface area contributed by atoms with Gasteiger partial charge in [0.1, 0.15) is 11.6 Å². The largest absolute Gasteiger partial charge is 0.416 e. The van der Waals surface area contributed by atoms with Crippen molar-refractivity contribution in [2.24, 2.45) is 0 Å². The second kappa shape index (κ2) is 7.94. The molecule has 0 unspecified atom stereocenters. The van der Waals surface area contributed by atoms with Crippen LogP contribution in [0.1, 0.15) is 67.2 Å². The van der Waals surface area contributed by atoms with E-state index in [0.29, 0.717) is 22.6 Å². The first kappa shape index (κ1) is 21.3. The molecule has 1 saturated carbocycles. The summed E-state index contributed by atoms with van der Waals surface area (Å²) in [7, 11) is 0. The highest BCUT2D eigenvalue weighted by atomic mass is 19.4. The van der Waals surface area contributed by atoms with Crippen molar-refractivity contribution in [3.63, 3.8) is 0 Å². The fourth-order valence-corrected chi connectivity index (χ4v) is 4.38. The maximum atomic E-state index is 13.3. The highest BCUT2D eigenvalue weighted by Gasteiger charge is 2.33. The van der Waals surface area contributed by atoms with Crippen LogP contribution >= 0.6 is 0 Å². The molecule has 1 atom stereocenters. The van der Waals surface area contributed by atoms with Crippen molar-refractivity contribution < 1.29 is 13.2 Å². The highest BCUT2D eigenvalue weighted by Crippen LogP contribution is 2.35. The minimum atomic E-state index is -4.42. The molecule has 2 aromatic heterocycles. The van der Waals surface area contributed by atoms with E-state index in [1.54, 1.807) is 30.7 Å². The number of hydrogen-bond acceptors (Lipinski definition) is 5. The van der Waals surface area contributed by atoms with E-state index in [-0.39, 0.29) is 22.9 Å². The maximum absolute atomic E-state index is 13.3. The monoisotopic (exact) mass is 431 g/mol. The van der Waals surface area contributed by atoms with Gasteiger partial charge in [-0.2, -0.15) is 18.2 Å². The van der Waals surface area contributed by atoms with Gasteiger partial charge in [-0.15, -0.1) is 0 Å². The normalized spacial score (nSPS) is 16.1. The zero-order chi connectivity index (χ0) is 22.3. The van der Waals surface area contributed by atoms with Gasteiger partial charge in [-0.25, -0.2) is 14.8 Å². The SMILES string of the molecule is Cc1nc(N[C@H](C)c2cccc(C(F)(F)F)c2C)c2cn(C3CCCC3)c(=O)nc2n1. The lowest BCUT2D eigenvalue weighted by atomic mass is 9.97. The van der Waals surface area contributed by atoms with Gasteiger partial charge in [-0.1, -0.05) is 25.0 Å². The average Bonchev–Trinajstić information content (AvgIpc) is 3.21. The van der Waals surface area contributed by atoms with E-state index in [4.69, 9.17) is 0 Å². The lowest BCUT2D eigenvalue weighted by Gasteiger charge is -2.21. The lowest BCUT2D eigenvalue weighted by Crippen LogP contribution is -2.26. The summed E-state index contributed by atoms with van der Waals surface area (Å²) in [6.45, 7) is 4.94. The van der Waals surface area contributed by atoms with Gasteiger partial charge in [-0.3, -0.25) is 4.57 Å². The molecule has 0 aliphatic heterocycles. The molecule has 2 heterocycles. The summed E-state index contributed by atoms with van der Waals surface area (Å²) < 4.78 is 41.6. The molecular formula is C22H24F3N5O. The number of hydrogen-bond donors (Lipinski definition) is 1. The molecule has 9 heteroatoms. The van der Waals surface area contributed by atoms with Crippen molar-refractivity contribution in [1.82, 2.24) is 19.5 Å². The number of aryl methyl sites for hydroxylation is 1. The van der Waals surface area contributed by atoms with E-state index in [1.165, 1.54) is 13.0 Å². The van der Waals surface area contributed by atoms with Crippen LogP contribution < -0.4 is 11.0 Å². The van der Waals surface area contributed by atoms with Crippen molar-refractivity contribution in [2.45, 2.75) is 64.7 Å². The van der Waals surface area contributed by atoms with Gasteiger partial charge in [-0.05, 0) is 50.8 Å². The van der Waals surface area contributed by atoms with Crippen LogP contribution in [0.4, 0.5) is 19.0 Å². The summed E-state index contributed by atoms with van der Waals surface area (Å²) in [5, 5.41) is 3.80. The standard InChI is InChI=1S/C22H24F3N5O/c1-12-16(9-6-10-18(12)22(23,24)25)13(2)26-19-17-11-30(15-7-4-5-8-15)21(31)29-20(17)28-14(3)27-19/h6,9-11,13,15H,4-5,7-8H2,1-3H3,(H,26,27,28,29,31)/t13-/m1/s1. The zero-order valence-corrected chi connectivity index (χ0v) is 17.6. The average molecular weight is 431 g/mol. The van der Waals surface area contributed by atoms with Gasteiger partial charge in [0, 0.05) is 12.2 Å². The third kappa shape index (κ3) is 4.13. The van der Waals surface area contributed by atoms with Crippen LogP contribution in [0.5, 0.6) is 0 Å². The second-order valence-electron chi connectivity index (χ2n) is 8.11. The molecule has 3 aromatic rings. The van der Waals surface area contributed by atoms with Gasteiger partial charge in [0.15, 0.2) is 5.65 Å². The van der Waals surface area contributed by atoms with E-state index in [9.17, 15) is 18.0 Å². The van der Waals surface area contributed by atoms with Gasteiger partial charge >= 0.3 is 11.9 Å². The molecule has 31 heavy (non-hydrogen) atoms. The first-order valence-corrected chi connectivity index (χ1v) is 10.4. The number of nitrogens with zero attached hydrogens (tertiary/aromatic N) is 4. The third-order valence-corrected chi connectivity index (χ3v) is 5.95. The molecule has 0 saturated heterocycles. The molecule has 164 valence electrons. The van der Waals surface area contributed by atoms with Gasteiger partial charge in [0.25, 0.3) is 0 Å². The lowest BCUT2D eigenvalue weighted by molar-refractivity contribution is -0.138. The van der Waals surface area contributed by atoms with Crippen molar-refractivity contribution in [3.05, 3.63) is 57.4 Å². The van der Waals surface area contributed by atoms with Gasteiger partial charge in [0.05, 0.1) is 17.0 Å². The molecule has 0 bridgehead atoms. The molecule has 1 aliphatic carbocycles. The van der Waals surface area contributed by atoms with Crippen LogP contribution in [0.15, 0.2) is 29.2 Å². The Hall–Kier alpha value is -2.97. The topological polar surface area (TPSA) is 72.7 Å². The van der Waals surface area contributed by atoms with E-state index >= 15 is 0 Å². The molecule has 1 N–H and O–H groups in total. The van der Waals surface area contributed by atoms with Crippen LogP contribution in [0.3, 0.4) is 0 Å². The molecule has 0 spiro atoms. The van der Waals surface area contributed by atoms with Crippen LogP contribution in [0.2, 0.25) is 0 Å². The van der Waals surface area contributed by atoms with Crippen LogP contribution in [-0.4, -0.2) is 19.5 Å². The molecular weight excluding hydrogens is 407 g/mol. The van der Waals surface area contributed by atoms with Crippen molar-refractivity contribution in [2.75, 3.05) is 5.32 Å². The Morgan fingerprint density at radius 1 is 1.13 bits per heavy atom. The predicted molar refractivity (Wildman–Crippen MR) is 112 cm³/mol. The minimum absolute atomic E-state index is 0.0988. The third-order valence-electron chi connectivity index (χ3n) is 5.95. The number of halogens is 3. The summed E-state index contributed by atoms with van der Waals surface area (Å²) in [4.78, 5) is 25.4. The molecule has 4 rings (SSSR count). The number of benzene rings is 1. The number of nitrogens with one attached hydrogen (secondary N) is 1. The summed E-state index contributed by atoms with van der Waals surface area (Å²) in [6, 6.07) is 3.81. The number of fused-ring (bicyclic) bond motifs is 1. The molecule has 6 nitrogen and oxygen atoms in total. The van der Waals surface area contributed by atoms with E-state index in [0.717, 1.165) is 31.7 Å². The quantitative estimate of drug-likeness (QED) is 0.622. The number of anilines is 1. The van der Waals surface area contributed by atoms with Crippen molar-refractivity contribution in [3.8, 4) is 0 Å². The molecule has 1 fully saturated rings. The van der Waals surface area contributed by atoms with Gasteiger partial charge < -0.3 is 5.32 Å². The summed E-state index contributed by atoms with van der Waals surface area (Å²) in [6.07, 6.45) is 1.28. The molecule has 1 aromatic carbocycles. The first-order chi connectivity index (χ1) is 14.6. The Kier molecular flexibility index (Phi) is 5.45. The summed E-state index contributed by atoms with van der Waals surface area (Å²) >= 11 is 0. The van der Waals surface area contributed by atoms with E-state index in [2.05, 4.69) is 20.3 Å². The first-order valence-electron chi connectivity index (χ1n) is 10.4. The zero-order valence-electron chi connectivity index (χ0n) is 17.6. The Morgan fingerprint density at radius 3 is 2.52 bits per heavy atom. The summed E-state index contributed by atoms with van der Waals surface area (Å²) in [5.74, 6) is 0.875. The second-order valence-corrected chi connectivity index (χ2v) is 8.11. The van der Waals surface area contributed by atoms with E-state index in [1.807, 2.05) is 0 Å². The highest BCUT2D eigenvalue weighted by molar-refractivity contribution is 5.85. The number of aromatic nitrogens is 4. The summed E-state index contributed by atoms with van der Waals surface area (Å²) in [5.41, 5.74) is -0.0195. The molecule has 0 radical (unpaired) electrons. The smallest absolute Gasteiger partial charge is 0.363 e. The molecule has 0 amide bonds.